The first-order valence-electron chi connectivity index (χ1n) is 8.50. The molecule has 0 unspecified atom stereocenters. The molecule has 1 amide bonds. The lowest BCUT2D eigenvalue weighted by molar-refractivity contribution is -0.384. The molecule has 1 saturated carbocycles. The normalized spacial score (nSPS) is 16.7. The summed E-state index contributed by atoms with van der Waals surface area (Å²) in [6.45, 7) is 1.45. The molecule has 6 nitrogen and oxygen atoms in total. The molecular formula is C21H18N2O4. The Bertz CT molecular complexity index is 972. The Kier molecular flexibility index (Phi) is 5.26. The number of carbonyl (C=O) groups excluding carboxylic acids is 2. The highest BCUT2D eigenvalue weighted by molar-refractivity contribution is 6.15. The van der Waals surface area contributed by atoms with E-state index in [1.807, 2.05) is 18.2 Å². The summed E-state index contributed by atoms with van der Waals surface area (Å²) in [6, 6.07) is 13.5. The molecular weight excluding hydrogens is 344 g/mol. The van der Waals surface area contributed by atoms with Gasteiger partial charge >= 0.3 is 0 Å². The molecule has 0 spiro atoms. The van der Waals surface area contributed by atoms with Gasteiger partial charge < -0.3 is 5.32 Å². The Morgan fingerprint density at radius 1 is 1.04 bits per heavy atom. The van der Waals surface area contributed by atoms with Gasteiger partial charge in [-0.15, -0.1) is 0 Å². The van der Waals surface area contributed by atoms with Gasteiger partial charge in [-0.1, -0.05) is 24.3 Å². The van der Waals surface area contributed by atoms with Crippen molar-refractivity contribution in [3.63, 3.8) is 0 Å². The molecule has 0 aliphatic heterocycles. The Labute approximate surface area is 156 Å². The third kappa shape index (κ3) is 4.55. The number of allylic oxidation sites excluding steroid dienone is 2. The van der Waals surface area contributed by atoms with E-state index in [-0.39, 0.29) is 17.4 Å². The molecule has 0 heterocycles. The van der Waals surface area contributed by atoms with Gasteiger partial charge in [0.05, 0.1) is 4.92 Å². The largest absolute Gasteiger partial charge is 0.326 e. The van der Waals surface area contributed by atoms with Crippen LogP contribution in [0, 0.1) is 10.1 Å². The standard InChI is InChI=1S/C21H18N2O4/c1-14(24)22-19-9-5-15(6-10-19)11-17-7-8-18(21(17)25)12-16-3-2-4-20(13-16)23(26)27/h2-6,9-13H,7-8H2,1H3,(H,22,24). The van der Waals surface area contributed by atoms with Crippen LogP contribution in [0.4, 0.5) is 11.4 Å². The molecule has 1 aliphatic carbocycles. The van der Waals surface area contributed by atoms with Crippen LogP contribution in [0.15, 0.2) is 59.7 Å². The first-order valence-corrected chi connectivity index (χ1v) is 8.50. The lowest BCUT2D eigenvalue weighted by Crippen LogP contribution is -2.05. The van der Waals surface area contributed by atoms with Gasteiger partial charge in [0, 0.05) is 35.9 Å². The van der Waals surface area contributed by atoms with Crippen LogP contribution in [0.2, 0.25) is 0 Å². The predicted molar refractivity (Wildman–Crippen MR) is 104 cm³/mol. The van der Waals surface area contributed by atoms with Crippen molar-refractivity contribution in [1.82, 2.24) is 0 Å². The molecule has 6 heteroatoms. The van der Waals surface area contributed by atoms with E-state index in [2.05, 4.69) is 5.32 Å². The van der Waals surface area contributed by atoms with Crippen LogP contribution >= 0.6 is 0 Å². The summed E-state index contributed by atoms with van der Waals surface area (Å²) >= 11 is 0. The minimum absolute atomic E-state index is 0.00446. The minimum atomic E-state index is -0.450. The van der Waals surface area contributed by atoms with Gasteiger partial charge in [-0.05, 0) is 48.3 Å². The zero-order chi connectivity index (χ0) is 19.4. The van der Waals surface area contributed by atoms with Crippen LogP contribution in [-0.2, 0) is 9.59 Å². The monoisotopic (exact) mass is 362 g/mol. The number of nitro benzene ring substituents is 1. The second-order valence-electron chi connectivity index (χ2n) is 6.32. The Hall–Kier alpha value is -3.54. The van der Waals surface area contributed by atoms with Crippen LogP contribution in [0.3, 0.4) is 0 Å². The number of Topliss-reactive ketones (excluding diaryl/α,β-unsaturated/α-hetero) is 1. The molecule has 0 radical (unpaired) electrons. The number of rotatable bonds is 4. The molecule has 2 aromatic carbocycles. The van der Waals surface area contributed by atoms with Gasteiger partial charge in [0.15, 0.2) is 5.78 Å². The van der Waals surface area contributed by atoms with Crippen molar-refractivity contribution in [3.05, 3.63) is 80.9 Å². The number of ketones is 1. The number of carbonyl (C=O) groups is 2. The van der Waals surface area contributed by atoms with Gasteiger partial charge in [0.1, 0.15) is 0 Å². The molecule has 1 fully saturated rings. The Morgan fingerprint density at radius 3 is 2.26 bits per heavy atom. The summed E-state index contributed by atoms with van der Waals surface area (Å²) in [5.74, 6) is -0.171. The Balaban J connectivity index is 1.78. The van der Waals surface area contributed by atoms with Crippen molar-refractivity contribution in [2.45, 2.75) is 19.8 Å². The zero-order valence-electron chi connectivity index (χ0n) is 14.8. The predicted octanol–water partition coefficient (Wildman–Crippen LogP) is 4.38. The van der Waals surface area contributed by atoms with E-state index in [4.69, 9.17) is 0 Å². The fraction of sp³-hybridized carbons (Fsp3) is 0.143. The van der Waals surface area contributed by atoms with E-state index in [0.717, 1.165) is 5.56 Å². The number of anilines is 1. The highest BCUT2D eigenvalue weighted by atomic mass is 16.6. The quantitative estimate of drug-likeness (QED) is 0.496. The number of hydrogen-bond acceptors (Lipinski definition) is 4. The van der Waals surface area contributed by atoms with Gasteiger partial charge in [-0.3, -0.25) is 19.7 Å². The zero-order valence-corrected chi connectivity index (χ0v) is 14.8. The van der Waals surface area contributed by atoms with Crippen molar-refractivity contribution in [1.29, 1.82) is 0 Å². The van der Waals surface area contributed by atoms with Gasteiger partial charge in [0.2, 0.25) is 5.91 Å². The third-order valence-corrected chi connectivity index (χ3v) is 4.24. The van der Waals surface area contributed by atoms with Crippen LogP contribution in [0.25, 0.3) is 12.2 Å². The molecule has 0 bridgehead atoms. The van der Waals surface area contributed by atoms with Crippen molar-refractivity contribution in [3.8, 4) is 0 Å². The first kappa shape index (κ1) is 18.3. The summed E-state index contributed by atoms with van der Waals surface area (Å²) in [7, 11) is 0. The molecule has 0 aromatic heterocycles. The van der Waals surface area contributed by atoms with Gasteiger partial charge in [0.25, 0.3) is 5.69 Å². The number of nitrogens with one attached hydrogen (secondary N) is 1. The number of hydrogen-bond donors (Lipinski definition) is 1. The number of non-ortho nitro benzene ring substituents is 1. The molecule has 27 heavy (non-hydrogen) atoms. The lowest BCUT2D eigenvalue weighted by Gasteiger charge is -2.02. The molecule has 1 N–H and O–H groups in total. The maximum Gasteiger partial charge on any atom is 0.270 e. The highest BCUT2D eigenvalue weighted by Crippen LogP contribution is 2.30. The summed E-state index contributed by atoms with van der Waals surface area (Å²) < 4.78 is 0. The van der Waals surface area contributed by atoms with E-state index < -0.39 is 4.92 Å². The molecule has 1 aliphatic rings. The highest BCUT2D eigenvalue weighted by Gasteiger charge is 2.23. The van der Waals surface area contributed by atoms with Crippen molar-refractivity contribution in [2.24, 2.45) is 0 Å². The molecule has 3 rings (SSSR count). The maximum absolute atomic E-state index is 12.6. The summed E-state index contributed by atoms with van der Waals surface area (Å²) in [4.78, 5) is 34.1. The Morgan fingerprint density at radius 2 is 1.67 bits per heavy atom. The fourth-order valence-electron chi connectivity index (χ4n) is 2.97. The summed E-state index contributed by atoms with van der Waals surface area (Å²) in [6.07, 6.45) is 4.80. The fourth-order valence-corrected chi connectivity index (χ4v) is 2.97. The van der Waals surface area contributed by atoms with E-state index in [1.165, 1.54) is 19.1 Å². The minimum Gasteiger partial charge on any atom is -0.326 e. The molecule has 136 valence electrons. The third-order valence-electron chi connectivity index (χ3n) is 4.24. The van der Waals surface area contributed by atoms with Gasteiger partial charge in [-0.2, -0.15) is 0 Å². The first-order chi connectivity index (χ1) is 12.9. The smallest absolute Gasteiger partial charge is 0.270 e. The van der Waals surface area contributed by atoms with E-state index >= 15 is 0 Å². The molecule has 0 saturated heterocycles. The second-order valence-corrected chi connectivity index (χ2v) is 6.32. The van der Waals surface area contributed by atoms with Crippen molar-refractivity contribution < 1.29 is 14.5 Å². The van der Waals surface area contributed by atoms with Crippen LogP contribution in [0.1, 0.15) is 30.9 Å². The van der Waals surface area contributed by atoms with E-state index in [9.17, 15) is 19.7 Å². The van der Waals surface area contributed by atoms with Gasteiger partial charge in [-0.25, -0.2) is 0 Å². The topological polar surface area (TPSA) is 89.3 Å². The molecule has 2 aromatic rings. The van der Waals surface area contributed by atoms with Crippen LogP contribution in [-0.4, -0.2) is 16.6 Å². The lowest BCUT2D eigenvalue weighted by atomic mass is 10.1. The van der Waals surface area contributed by atoms with Crippen molar-refractivity contribution >= 4 is 35.2 Å². The number of nitro groups is 1. The number of nitrogens with zero attached hydrogens (tertiary/aromatic N) is 1. The maximum atomic E-state index is 12.6. The number of amides is 1. The number of benzene rings is 2. The average molecular weight is 362 g/mol. The molecule has 0 atom stereocenters. The SMILES string of the molecule is CC(=O)Nc1ccc(C=C2CCC(=Cc3cccc([N+](=O)[O-])c3)C2=O)cc1. The second kappa shape index (κ2) is 7.78. The summed E-state index contributed by atoms with van der Waals surface area (Å²) in [5.41, 5.74) is 3.59. The van der Waals surface area contributed by atoms with E-state index in [1.54, 1.807) is 30.3 Å². The van der Waals surface area contributed by atoms with Crippen LogP contribution in [0.5, 0.6) is 0 Å². The van der Waals surface area contributed by atoms with Crippen molar-refractivity contribution in [2.75, 3.05) is 5.32 Å². The van der Waals surface area contributed by atoms with Crippen LogP contribution < -0.4 is 5.32 Å². The summed E-state index contributed by atoms with van der Waals surface area (Å²) in [5, 5.41) is 13.6. The van der Waals surface area contributed by atoms with E-state index in [0.29, 0.717) is 35.2 Å². The average Bonchev–Trinajstić information content (AvgIpc) is 2.96.